The lowest BCUT2D eigenvalue weighted by atomic mass is 10.2. The van der Waals surface area contributed by atoms with Crippen LogP contribution in [0, 0.1) is 12.7 Å². The van der Waals surface area contributed by atoms with E-state index in [1.165, 1.54) is 12.1 Å². The molecule has 2 rings (SSSR count). The number of rotatable bonds is 2. The summed E-state index contributed by atoms with van der Waals surface area (Å²) in [5.41, 5.74) is -0.114. The fraction of sp³-hybridized carbons (Fsp3) is 0.100. The molecule has 0 bridgehead atoms. The molecule has 2 N–H and O–H groups in total. The maximum absolute atomic E-state index is 13.4. The molecule has 2 aromatic rings. The summed E-state index contributed by atoms with van der Waals surface area (Å²) in [5, 5.41) is 8.86. The summed E-state index contributed by atoms with van der Waals surface area (Å²) in [6.45, 7) is 1.69. The standard InChI is InChI=1S/C10H8ClFN4O/c1-5-13-10(16-15-5)14-9(17)7-3-2-6(11)4-8(7)12/h2-4H,1H3,(H2,13,14,15,16,17). The van der Waals surface area contributed by atoms with E-state index in [9.17, 15) is 9.18 Å². The van der Waals surface area contributed by atoms with Crippen molar-refractivity contribution in [2.75, 3.05) is 5.32 Å². The van der Waals surface area contributed by atoms with Crippen molar-refractivity contribution in [3.8, 4) is 0 Å². The van der Waals surface area contributed by atoms with Crippen molar-refractivity contribution in [2.45, 2.75) is 6.92 Å². The topological polar surface area (TPSA) is 70.7 Å². The highest BCUT2D eigenvalue weighted by molar-refractivity contribution is 6.30. The molecule has 1 amide bonds. The zero-order chi connectivity index (χ0) is 12.4. The highest BCUT2D eigenvalue weighted by Gasteiger charge is 2.13. The number of aryl methyl sites for hydroxylation is 1. The lowest BCUT2D eigenvalue weighted by molar-refractivity contribution is 0.102. The second-order valence-electron chi connectivity index (χ2n) is 3.32. The highest BCUT2D eigenvalue weighted by atomic mass is 35.5. The summed E-state index contributed by atoms with van der Waals surface area (Å²) in [6.07, 6.45) is 0. The second-order valence-corrected chi connectivity index (χ2v) is 3.76. The number of nitrogens with zero attached hydrogens (tertiary/aromatic N) is 2. The van der Waals surface area contributed by atoms with E-state index in [1.54, 1.807) is 6.92 Å². The van der Waals surface area contributed by atoms with Crippen LogP contribution in [0.1, 0.15) is 16.2 Å². The molecule has 0 atom stereocenters. The molecular formula is C10H8ClFN4O. The number of carbonyl (C=O) groups is 1. The van der Waals surface area contributed by atoms with Crippen molar-refractivity contribution in [3.05, 3.63) is 40.4 Å². The van der Waals surface area contributed by atoms with Gasteiger partial charge in [-0.2, -0.15) is 4.98 Å². The average Bonchev–Trinajstić information content (AvgIpc) is 2.63. The van der Waals surface area contributed by atoms with E-state index in [1.807, 2.05) is 0 Å². The molecule has 1 heterocycles. The van der Waals surface area contributed by atoms with Crippen molar-refractivity contribution in [2.24, 2.45) is 0 Å². The fourth-order valence-electron chi connectivity index (χ4n) is 1.24. The minimum Gasteiger partial charge on any atom is -0.289 e. The van der Waals surface area contributed by atoms with Crippen molar-refractivity contribution < 1.29 is 9.18 Å². The quantitative estimate of drug-likeness (QED) is 0.863. The maximum Gasteiger partial charge on any atom is 0.261 e. The molecule has 0 saturated carbocycles. The Labute approximate surface area is 101 Å². The van der Waals surface area contributed by atoms with Gasteiger partial charge >= 0.3 is 0 Å². The fourth-order valence-corrected chi connectivity index (χ4v) is 1.40. The van der Waals surface area contributed by atoms with Crippen LogP contribution in [0.3, 0.4) is 0 Å². The Kier molecular flexibility index (Phi) is 3.06. The van der Waals surface area contributed by atoms with E-state index in [-0.39, 0.29) is 16.5 Å². The number of aromatic nitrogens is 3. The van der Waals surface area contributed by atoms with Crippen LogP contribution in [0.2, 0.25) is 5.02 Å². The van der Waals surface area contributed by atoms with Gasteiger partial charge < -0.3 is 0 Å². The summed E-state index contributed by atoms with van der Waals surface area (Å²) in [4.78, 5) is 15.5. The van der Waals surface area contributed by atoms with Crippen LogP contribution in [0.25, 0.3) is 0 Å². The maximum atomic E-state index is 13.4. The molecule has 0 fully saturated rings. The number of H-pyrrole nitrogens is 1. The van der Waals surface area contributed by atoms with Gasteiger partial charge in [-0.15, -0.1) is 5.10 Å². The largest absolute Gasteiger partial charge is 0.289 e. The van der Waals surface area contributed by atoms with Gasteiger partial charge in [-0.05, 0) is 25.1 Å². The molecule has 1 aromatic carbocycles. The summed E-state index contributed by atoms with van der Waals surface area (Å²) in [6, 6.07) is 3.80. The highest BCUT2D eigenvalue weighted by Crippen LogP contribution is 2.15. The number of hydrogen-bond acceptors (Lipinski definition) is 3. The molecule has 0 radical (unpaired) electrons. The van der Waals surface area contributed by atoms with Gasteiger partial charge in [0.2, 0.25) is 5.95 Å². The van der Waals surface area contributed by atoms with Crippen molar-refractivity contribution >= 4 is 23.5 Å². The Morgan fingerprint density at radius 3 is 2.88 bits per heavy atom. The van der Waals surface area contributed by atoms with E-state index in [0.29, 0.717) is 5.82 Å². The number of amides is 1. The summed E-state index contributed by atoms with van der Waals surface area (Å²) in [7, 11) is 0. The second kappa shape index (κ2) is 4.50. The van der Waals surface area contributed by atoms with Crippen LogP contribution in [-0.4, -0.2) is 21.1 Å². The van der Waals surface area contributed by atoms with E-state index < -0.39 is 11.7 Å². The molecule has 0 aliphatic heterocycles. The molecule has 1 aromatic heterocycles. The SMILES string of the molecule is Cc1nc(NC(=O)c2ccc(Cl)cc2F)n[nH]1. The van der Waals surface area contributed by atoms with Gasteiger partial charge in [-0.1, -0.05) is 11.6 Å². The zero-order valence-corrected chi connectivity index (χ0v) is 9.55. The van der Waals surface area contributed by atoms with Crippen LogP contribution in [0.15, 0.2) is 18.2 Å². The van der Waals surface area contributed by atoms with Gasteiger partial charge in [-0.3, -0.25) is 15.2 Å². The first kappa shape index (κ1) is 11.5. The third-order valence-corrected chi connectivity index (χ3v) is 2.23. The average molecular weight is 255 g/mol. The number of aromatic amines is 1. The molecule has 0 unspecified atom stereocenters. The first-order chi connectivity index (χ1) is 8.06. The minimum atomic E-state index is -0.692. The molecule has 0 aliphatic rings. The van der Waals surface area contributed by atoms with Gasteiger partial charge in [-0.25, -0.2) is 4.39 Å². The molecule has 0 aliphatic carbocycles. The van der Waals surface area contributed by atoms with Gasteiger partial charge in [0.15, 0.2) is 0 Å². The first-order valence-corrected chi connectivity index (χ1v) is 5.09. The van der Waals surface area contributed by atoms with E-state index in [4.69, 9.17) is 11.6 Å². The molecule has 5 nitrogen and oxygen atoms in total. The van der Waals surface area contributed by atoms with Crippen LogP contribution in [0.4, 0.5) is 10.3 Å². The Hall–Kier alpha value is -1.95. The van der Waals surface area contributed by atoms with E-state index >= 15 is 0 Å². The monoisotopic (exact) mass is 254 g/mol. The van der Waals surface area contributed by atoms with Crippen molar-refractivity contribution in [1.29, 1.82) is 0 Å². The third kappa shape index (κ3) is 2.59. The third-order valence-electron chi connectivity index (χ3n) is 2.00. The molecule has 17 heavy (non-hydrogen) atoms. The molecular weight excluding hydrogens is 247 g/mol. The van der Waals surface area contributed by atoms with Crippen LogP contribution in [-0.2, 0) is 0 Å². The predicted octanol–water partition coefficient (Wildman–Crippen LogP) is 2.16. The summed E-state index contributed by atoms with van der Waals surface area (Å²) >= 11 is 5.58. The number of nitrogens with one attached hydrogen (secondary N) is 2. The number of halogens is 2. The summed E-state index contributed by atoms with van der Waals surface area (Å²) in [5.74, 6) is -0.667. The van der Waals surface area contributed by atoms with Crippen LogP contribution in [0.5, 0.6) is 0 Å². The van der Waals surface area contributed by atoms with Gasteiger partial charge in [0.05, 0.1) is 5.56 Å². The number of hydrogen-bond donors (Lipinski definition) is 2. The number of benzene rings is 1. The van der Waals surface area contributed by atoms with Gasteiger partial charge in [0.25, 0.3) is 5.91 Å². The Balaban J connectivity index is 2.20. The number of anilines is 1. The van der Waals surface area contributed by atoms with E-state index in [0.717, 1.165) is 6.07 Å². The van der Waals surface area contributed by atoms with Crippen LogP contribution >= 0.6 is 11.6 Å². The lowest BCUT2D eigenvalue weighted by Crippen LogP contribution is -2.14. The Morgan fingerprint density at radius 1 is 1.53 bits per heavy atom. The Morgan fingerprint density at radius 2 is 2.29 bits per heavy atom. The zero-order valence-electron chi connectivity index (χ0n) is 8.79. The van der Waals surface area contributed by atoms with E-state index in [2.05, 4.69) is 20.5 Å². The molecule has 88 valence electrons. The number of carbonyl (C=O) groups excluding carboxylic acids is 1. The lowest BCUT2D eigenvalue weighted by Gasteiger charge is -2.02. The molecule has 0 saturated heterocycles. The summed E-state index contributed by atoms with van der Waals surface area (Å²) < 4.78 is 13.4. The van der Waals surface area contributed by atoms with Crippen molar-refractivity contribution in [1.82, 2.24) is 15.2 Å². The smallest absolute Gasteiger partial charge is 0.261 e. The van der Waals surface area contributed by atoms with Crippen LogP contribution < -0.4 is 5.32 Å². The van der Waals surface area contributed by atoms with Gasteiger partial charge in [0.1, 0.15) is 11.6 Å². The van der Waals surface area contributed by atoms with Crippen molar-refractivity contribution in [3.63, 3.8) is 0 Å². The normalized spacial score (nSPS) is 10.3. The van der Waals surface area contributed by atoms with Gasteiger partial charge in [0, 0.05) is 5.02 Å². The first-order valence-electron chi connectivity index (χ1n) is 4.71. The Bertz CT molecular complexity index is 569. The predicted molar refractivity (Wildman–Crippen MR) is 60.5 cm³/mol. The molecule has 0 spiro atoms. The molecule has 7 heteroatoms. The minimum absolute atomic E-state index is 0.0989.